The molecule has 7 nitrogen and oxygen atoms in total. The molecule has 1 aliphatic heterocycles. The molecule has 9 atom stereocenters. The Bertz CT molecular complexity index is 1410. The Morgan fingerprint density at radius 3 is 2.25 bits per heavy atom. The maximum absolute atomic E-state index is 12.0. The molecule has 4 N–H and O–H groups in total. The summed E-state index contributed by atoms with van der Waals surface area (Å²) < 4.78 is 25.8. The van der Waals surface area contributed by atoms with Gasteiger partial charge >= 0.3 is 5.97 Å². The number of allylic oxidation sites excluding steroid dienone is 3. The van der Waals surface area contributed by atoms with Crippen LogP contribution >= 0.6 is 10.6 Å². The molecular formula is C44H74N2O5S. The fourth-order valence-electron chi connectivity index (χ4n) is 15.1. The molecule has 7 rings (SSSR count). The predicted octanol–water partition coefficient (Wildman–Crippen LogP) is 9.64. The molecule has 6 fully saturated rings. The van der Waals surface area contributed by atoms with E-state index in [4.69, 9.17) is 4.74 Å². The smallest absolute Gasteiger partial charge is 0.335 e. The molecule has 1 heterocycles. The number of fused-ring (bicyclic) bond motifs is 7. The molecule has 7 aliphatic rings. The highest BCUT2D eigenvalue weighted by Crippen LogP contribution is 2.76. The SMILES string of the molecule is C=C(C)[C@@H]1CC[C@]2(NCCN3CCS(O)(O)CC3)CC[C@]3(C)[C@H](CC[C@@H]4[C@@]5(C)CC=C(CC6CCC(OC)(C(=O)O)CC6)C(C)(C)[C@@H]5CC[C@]43C)[C@@H]12. The van der Waals surface area contributed by atoms with Crippen LogP contribution in [0.4, 0.5) is 0 Å². The van der Waals surface area contributed by atoms with Gasteiger partial charge in [-0.15, -0.1) is 0 Å². The molecule has 5 saturated carbocycles. The van der Waals surface area contributed by atoms with E-state index in [9.17, 15) is 19.0 Å². The van der Waals surface area contributed by atoms with Gasteiger partial charge in [0.25, 0.3) is 0 Å². The minimum absolute atomic E-state index is 0.155. The number of ether oxygens (including phenoxy) is 1. The second kappa shape index (κ2) is 13.6. The second-order valence-electron chi connectivity index (χ2n) is 20.6. The van der Waals surface area contributed by atoms with E-state index in [-0.39, 0.29) is 11.0 Å². The lowest BCUT2D eigenvalue weighted by Crippen LogP contribution is -2.68. The van der Waals surface area contributed by atoms with Crippen molar-refractivity contribution in [3.63, 3.8) is 0 Å². The van der Waals surface area contributed by atoms with Gasteiger partial charge in [-0.2, -0.15) is 10.6 Å². The first kappa shape index (κ1) is 39.3. The number of carbonyl (C=O) groups is 1. The fraction of sp³-hybridized carbons (Fsp3) is 0.886. The lowest BCUT2D eigenvalue weighted by molar-refractivity contribution is -0.221. The zero-order valence-corrected chi connectivity index (χ0v) is 34.7. The number of nitrogens with zero attached hydrogens (tertiary/aromatic N) is 1. The van der Waals surface area contributed by atoms with Crippen molar-refractivity contribution >= 4 is 16.6 Å². The van der Waals surface area contributed by atoms with E-state index in [1.165, 1.54) is 63.4 Å². The molecule has 296 valence electrons. The molecule has 0 bridgehead atoms. The fourth-order valence-corrected chi connectivity index (χ4v) is 16.4. The highest BCUT2D eigenvalue weighted by atomic mass is 32.3. The monoisotopic (exact) mass is 743 g/mol. The standard InChI is InChI=1S/C44H74N2O5S/c1-30(2)33-14-18-43(45-23-24-46-25-27-52(49,50)28-26-46)22-21-41(6)34(37(33)43)9-10-36-40(5)16-13-32(39(3,4)35(40)15-17-42(36,41)7)29-31-11-19-44(51-8,20-12-31)38(47)48/h13,31,33-37,45,49-50H,1,9-12,14-29H2,2-8H3,(H,47,48)/t31?,33-,34+,35-,36+,37+,40-,41+,42+,43-,44?/m0/s1. The summed E-state index contributed by atoms with van der Waals surface area (Å²) in [6.45, 7) is 23.8. The third-order valence-corrected chi connectivity index (χ3v) is 20.1. The molecule has 0 unspecified atom stereocenters. The summed E-state index contributed by atoms with van der Waals surface area (Å²) in [6, 6.07) is 0. The number of carboxylic acid groups (broad SMARTS) is 1. The molecule has 0 amide bonds. The average Bonchev–Trinajstić information content (AvgIpc) is 3.47. The quantitative estimate of drug-likeness (QED) is 0.175. The van der Waals surface area contributed by atoms with E-state index in [1.807, 2.05) is 0 Å². The Morgan fingerprint density at radius 2 is 1.62 bits per heavy atom. The zero-order chi connectivity index (χ0) is 37.5. The van der Waals surface area contributed by atoms with Crippen LogP contribution in [0.25, 0.3) is 0 Å². The molecule has 0 radical (unpaired) electrons. The topological polar surface area (TPSA) is 102 Å². The summed E-state index contributed by atoms with van der Waals surface area (Å²) in [5.74, 6) is 4.15. The van der Waals surface area contributed by atoms with Gasteiger partial charge in [0.15, 0.2) is 5.60 Å². The Morgan fingerprint density at radius 1 is 0.923 bits per heavy atom. The van der Waals surface area contributed by atoms with Crippen molar-refractivity contribution < 1.29 is 23.7 Å². The van der Waals surface area contributed by atoms with Crippen molar-refractivity contribution in [2.75, 3.05) is 44.8 Å². The first-order valence-corrected chi connectivity index (χ1v) is 23.1. The summed E-state index contributed by atoms with van der Waals surface area (Å²) in [7, 11) is -0.790. The Kier molecular flexibility index (Phi) is 10.3. The summed E-state index contributed by atoms with van der Waals surface area (Å²) >= 11 is 0. The van der Waals surface area contributed by atoms with Crippen molar-refractivity contribution in [1.29, 1.82) is 0 Å². The van der Waals surface area contributed by atoms with Gasteiger partial charge < -0.3 is 15.2 Å². The van der Waals surface area contributed by atoms with Gasteiger partial charge in [0.2, 0.25) is 0 Å². The van der Waals surface area contributed by atoms with Crippen LogP contribution in [-0.4, -0.2) is 81.0 Å². The molecule has 0 aromatic rings. The summed E-state index contributed by atoms with van der Waals surface area (Å²) in [4.78, 5) is 14.5. The van der Waals surface area contributed by atoms with Gasteiger partial charge in [-0.3, -0.25) is 14.0 Å². The van der Waals surface area contributed by atoms with Crippen molar-refractivity contribution in [2.24, 2.45) is 57.2 Å². The number of hydrogen-bond acceptors (Lipinski definition) is 6. The van der Waals surface area contributed by atoms with E-state index in [0.717, 1.165) is 51.4 Å². The van der Waals surface area contributed by atoms with Crippen LogP contribution in [0.5, 0.6) is 0 Å². The van der Waals surface area contributed by atoms with Crippen molar-refractivity contribution in [2.45, 2.75) is 143 Å². The third-order valence-electron chi connectivity index (χ3n) is 18.4. The Balaban J connectivity index is 1.09. The molecule has 0 aromatic carbocycles. The van der Waals surface area contributed by atoms with Crippen LogP contribution in [0.1, 0.15) is 131 Å². The van der Waals surface area contributed by atoms with E-state index in [1.54, 1.807) is 12.7 Å². The average molecular weight is 743 g/mol. The molecule has 0 aromatic heterocycles. The van der Waals surface area contributed by atoms with Gasteiger partial charge in [0.1, 0.15) is 0 Å². The van der Waals surface area contributed by atoms with Gasteiger partial charge in [0, 0.05) is 38.8 Å². The normalized spacial score (nSPS) is 47.6. The first-order chi connectivity index (χ1) is 24.4. The molecular weight excluding hydrogens is 669 g/mol. The molecule has 1 saturated heterocycles. The highest BCUT2D eigenvalue weighted by Gasteiger charge is 2.70. The van der Waals surface area contributed by atoms with Crippen LogP contribution in [0, 0.1) is 57.2 Å². The number of methoxy groups -OCH3 is 1. The van der Waals surface area contributed by atoms with Gasteiger partial charge in [-0.05, 0) is 154 Å². The van der Waals surface area contributed by atoms with Gasteiger partial charge in [-0.1, -0.05) is 58.4 Å². The Labute approximate surface area is 317 Å². The molecule has 8 heteroatoms. The molecule has 0 spiro atoms. The van der Waals surface area contributed by atoms with Crippen LogP contribution < -0.4 is 5.32 Å². The van der Waals surface area contributed by atoms with Crippen molar-refractivity contribution in [3.8, 4) is 0 Å². The maximum Gasteiger partial charge on any atom is 0.335 e. The maximum atomic E-state index is 12.0. The van der Waals surface area contributed by atoms with E-state index in [0.29, 0.717) is 70.2 Å². The molecule has 52 heavy (non-hydrogen) atoms. The van der Waals surface area contributed by atoms with Gasteiger partial charge in [-0.25, -0.2) is 4.79 Å². The minimum Gasteiger partial charge on any atom is -0.479 e. The first-order valence-electron chi connectivity index (χ1n) is 21.2. The summed E-state index contributed by atoms with van der Waals surface area (Å²) in [5, 5.41) is 14.1. The second-order valence-corrected chi connectivity index (χ2v) is 23.0. The molecule has 6 aliphatic carbocycles. The van der Waals surface area contributed by atoms with Gasteiger partial charge in [0.05, 0.1) is 11.5 Å². The lowest BCUT2D eigenvalue weighted by atomic mass is 9.33. The van der Waals surface area contributed by atoms with Crippen LogP contribution in [0.15, 0.2) is 23.8 Å². The van der Waals surface area contributed by atoms with Crippen LogP contribution in [0.3, 0.4) is 0 Å². The number of aliphatic carboxylic acids is 1. The van der Waals surface area contributed by atoms with Crippen molar-refractivity contribution in [1.82, 2.24) is 10.2 Å². The number of carboxylic acids is 1. The lowest BCUT2D eigenvalue weighted by Gasteiger charge is -2.72. The number of rotatable bonds is 9. The van der Waals surface area contributed by atoms with E-state index >= 15 is 0 Å². The van der Waals surface area contributed by atoms with Crippen molar-refractivity contribution in [3.05, 3.63) is 23.8 Å². The predicted molar refractivity (Wildman–Crippen MR) is 214 cm³/mol. The zero-order valence-electron chi connectivity index (χ0n) is 33.9. The van der Waals surface area contributed by atoms with Crippen LogP contribution in [0.2, 0.25) is 0 Å². The Hall–Kier alpha value is -0.900. The third kappa shape index (κ3) is 6.13. The summed E-state index contributed by atoms with van der Waals surface area (Å²) in [5.41, 5.74) is 3.31. The summed E-state index contributed by atoms with van der Waals surface area (Å²) in [6.07, 6.45) is 18.5. The van der Waals surface area contributed by atoms with E-state index in [2.05, 4.69) is 64.4 Å². The number of nitrogens with one attached hydrogen (secondary N) is 1. The number of hydrogen-bond donors (Lipinski definition) is 4. The highest BCUT2D eigenvalue weighted by molar-refractivity contribution is 8.24. The minimum atomic E-state index is -2.36. The largest absolute Gasteiger partial charge is 0.479 e. The van der Waals surface area contributed by atoms with Crippen LogP contribution in [-0.2, 0) is 9.53 Å². The van der Waals surface area contributed by atoms with E-state index < -0.39 is 22.2 Å².